The molecule has 0 fully saturated rings. The predicted octanol–water partition coefficient (Wildman–Crippen LogP) is 2.50. The molecule has 146 valence electrons. The van der Waals surface area contributed by atoms with Gasteiger partial charge in [0.25, 0.3) is 5.56 Å². The number of fused-ring (bicyclic) bond motifs is 4. The van der Waals surface area contributed by atoms with Gasteiger partial charge in [-0.15, -0.1) is 0 Å². The summed E-state index contributed by atoms with van der Waals surface area (Å²) < 4.78 is 6.55. The summed E-state index contributed by atoms with van der Waals surface area (Å²) in [5, 5.41) is 2.38. The van der Waals surface area contributed by atoms with Gasteiger partial charge >= 0.3 is 5.69 Å². The highest BCUT2D eigenvalue weighted by Gasteiger charge is 2.22. The summed E-state index contributed by atoms with van der Waals surface area (Å²) in [6.45, 7) is 4.64. The van der Waals surface area contributed by atoms with E-state index < -0.39 is 0 Å². The molecule has 7 heteroatoms. The van der Waals surface area contributed by atoms with Crippen molar-refractivity contribution in [2.75, 3.05) is 0 Å². The largest absolute Gasteiger partial charge is 0.332 e. The van der Waals surface area contributed by atoms with Crippen LogP contribution in [0.2, 0.25) is 0 Å². The number of aryl methyl sites for hydroxylation is 2. The smallest absolute Gasteiger partial charge is 0.309 e. The van der Waals surface area contributed by atoms with Crippen molar-refractivity contribution in [1.82, 2.24) is 23.1 Å². The molecule has 0 unspecified atom stereocenters. The van der Waals surface area contributed by atoms with Gasteiger partial charge in [0.1, 0.15) is 0 Å². The molecule has 0 aliphatic heterocycles. The first-order chi connectivity index (χ1) is 13.9. The highest BCUT2D eigenvalue weighted by molar-refractivity contribution is 5.85. The monoisotopic (exact) mass is 387 g/mol. The van der Waals surface area contributed by atoms with Gasteiger partial charge in [0.15, 0.2) is 11.2 Å². The molecule has 0 aliphatic rings. The Labute approximate surface area is 166 Å². The SMILES string of the molecule is Cc1c(C)n2c3c(=O)n(C)c(=O)n(C)c3nc2n1Cc1cccc2ccccc12. The maximum absolute atomic E-state index is 12.9. The number of aromatic nitrogens is 5. The van der Waals surface area contributed by atoms with Gasteiger partial charge in [-0.25, -0.2) is 4.79 Å². The topological polar surface area (TPSA) is 66.2 Å². The third-order valence-electron chi connectivity index (χ3n) is 5.95. The van der Waals surface area contributed by atoms with Crippen molar-refractivity contribution >= 4 is 27.7 Å². The fraction of sp³-hybridized carbons (Fsp3) is 0.227. The highest BCUT2D eigenvalue weighted by atomic mass is 16.2. The molecule has 5 aromatic rings. The van der Waals surface area contributed by atoms with Gasteiger partial charge in [-0.2, -0.15) is 4.98 Å². The molecule has 0 amide bonds. The van der Waals surface area contributed by atoms with E-state index in [2.05, 4.69) is 34.9 Å². The second-order valence-electron chi connectivity index (χ2n) is 7.52. The average Bonchev–Trinajstić information content (AvgIpc) is 3.23. The summed E-state index contributed by atoms with van der Waals surface area (Å²) in [5.41, 5.74) is 3.29. The van der Waals surface area contributed by atoms with Crippen LogP contribution in [0.1, 0.15) is 17.0 Å². The third-order valence-corrected chi connectivity index (χ3v) is 5.95. The van der Waals surface area contributed by atoms with Crippen LogP contribution in [0.3, 0.4) is 0 Å². The predicted molar refractivity (Wildman–Crippen MR) is 114 cm³/mol. The lowest BCUT2D eigenvalue weighted by Gasteiger charge is -2.10. The molecule has 29 heavy (non-hydrogen) atoms. The van der Waals surface area contributed by atoms with Gasteiger partial charge < -0.3 is 4.57 Å². The van der Waals surface area contributed by atoms with Gasteiger partial charge in [0.05, 0.1) is 6.54 Å². The Morgan fingerprint density at radius 1 is 0.897 bits per heavy atom. The maximum atomic E-state index is 12.9. The molecule has 0 radical (unpaired) electrons. The van der Waals surface area contributed by atoms with Crippen LogP contribution in [0.25, 0.3) is 27.7 Å². The number of imidazole rings is 2. The summed E-state index contributed by atoms with van der Waals surface area (Å²) in [7, 11) is 3.15. The van der Waals surface area contributed by atoms with Crippen molar-refractivity contribution in [3.8, 4) is 0 Å². The van der Waals surface area contributed by atoms with Crippen LogP contribution < -0.4 is 11.2 Å². The molecule has 3 aromatic heterocycles. The third kappa shape index (κ3) is 2.27. The highest BCUT2D eigenvalue weighted by Crippen LogP contribution is 2.24. The minimum Gasteiger partial charge on any atom is -0.309 e. The van der Waals surface area contributed by atoms with Crippen LogP contribution in [-0.4, -0.2) is 23.1 Å². The summed E-state index contributed by atoms with van der Waals surface area (Å²) in [6, 6.07) is 14.6. The minimum absolute atomic E-state index is 0.332. The zero-order chi connectivity index (χ0) is 20.4. The molecule has 0 N–H and O–H groups in total. The van der Waals surface area contributed by atoms with E-state index in [1.807, 2.05) is 30.4 Å². The molecule has 0 spiro atoms. The first kappa shape index (κ1) is 17.5. The fourth-order valence-electron chi connectivity index (χ4n) is 4.18. The summed E-state index contributed by atoms with van der Waals surface area (Å²) in [4.78, 5) is 29.9. The van der Waals surface area contributed by atoms with Crippen molar-refractivity contribution in [3.05, 3.63) is 80.3 Å². The lowest BCUT2D eigenvalue weighted by Crippen LogP contribution is -2.37. The number of nitrogens with zero attached hydrogens (tertiary/aromatic N) is 5. The molecular formula is C22H21N5O2. The molecule has 0 saturated heterocycles. The minimum atomic E-state index is -0.377. The van der Waals surface area contributed by atoms with Crippen molar-refractivity contribution in [1.29, 1.82) is 0 Å². The lowest BCUT2D eigenvalue weighted by molar-refractivity contribution is 0.707. The molecule has 0 bridgehead atoms. The van der Waals surface area contributed by atoms with E-state index in [-0.39, 0.29) is 11.2 Å². The zero-order valence-electron chi connectivity index (χ0n) is 16.8. The quantitative estimate of drug-likeness (QED) is 0.467. The van der Waals surface area contributed by atoms with E-state index in [4.69, 9.17) is 4.98 Å². The molecule has 2 aromatic carbocycles. The summed E-state index contributed by atoms with van der Waals surface area (Å²) in [5.74, 6) is 0.668. The maximum Gasteiger partial charge on any atom is 0.332 e. The summed E-state index contributed by atoms with van der Waals surface area (Å²) >= 11 is 0. The van der Waals surface area contributed by atoms with E-state index in [0.29, 0.717) is 23.5 Å². The van der Waals surface area contributed by atoms with E-state index in [1.165, 1.54) is 28.0 Å². The van der Waals surface area contributed by atoms with Gasteiger partial charge in [0, 0.05) is 25.5 Å². The first-order valence-electron chi connectivity index (χ1n) is 9.50. The summed E-state index contributed by atoms with van der Waals surface area (Å²) in [6.07, 6.45) is 0. The Hall–Kier alpha value is -3.61. The second kappa shape index (κ2) is 5.94. The van der Waals surface area contributed by atoms with E-state index in [1.54, 1.807) is 7.05 Å². The van der Waals surface area contributed by atoms with Crippen LogP contribution in [0.4, 0.5) is 0 Å². The van der Waals surface area contributed by atoms with Crippen LogP contribution in [0, 0.1) is 13.8 Å². The Kier molecular flexibility index (Phi) is 3.58. The molecule has 0 aliphatic carbocycles. The van der Waals surface area contributed by atoms with Crippen LogP contribution in [0.5, 0.6) is 0 Å². The van der Waals surface area contributed by atoms with Gasteiger partial charge in [-0.05, 0) is 30.2 Å². The Bertz CT molecular complexity index is 1560. The molecule has 5 rings (SSSR count). The van der Waals surface area contributed by atoms with Gasteiger partial charge in [0.2, 0.25) is 5.78 Å². The molecule has 7 nitrogen and oxygen atoms in total. The molecule has 0 atom stereocenters. The Morgan fingerprint density at radius 3 is 2.41 bits per heavy atom. The normalized spacial score (nSPS) is 11.9. The van der Waals surface area contributed by atoms with E-state index in [9.17, 15) is 9.59 Å². The van der Waals surface area contributed by atoms with Gasteiger partial charge in [-0.1, -0.05) is 42.5 Å². The fourth-order valence-corrected chi connectivity index (χ4v) is 4.18. The number of hydrogen-bond acceptors (Lipinski definition) is 3. The van der Waals surface area contributed by atoms with Crippen molar-refractivity contribution < 1.29 is 0 Å². The van der Waals surface area contributed by atoms with Gasteiger partial charge in [-0.3, -0.25) is 18.3 Å². The molecule has 3 heterocycles. The Balaban J connectivity index is 1.84. The standard InChI is InChI=1S/C22H21N5O2/c1-13-14(2)27-18-19(24(3)22(29)25(4)20(18)28)23-21(27)26(13)12-16-10-7-9-15-8-5-6-11-17(15)16/h5-11H,12H2,1-4H3. The number of rotatable bonds is 2. The van der Waals surface area contributed by atoms with E-state index in [0.717, 1.165) is 16.0 Å². The first-order valence-corrected chi connectivity index (χ1v) is 9.50. The number of hydrogen-bond donors (Lipinski definition) is 0. The van der Waals surface area contributed by atoms with Crippen molar-refractivity contribution in [2.45, 2.75) is 20.4 Å². The van der Waals surface area contributed by atoms with Crippen molar-refractivity contribution in [3.63, 3.8) is 0 Å². The van der Waals surface area contributed by atoms with Crippen LogP contribution in [0.15, 0.2) is 52.1 Å². The number of benzene rings is 2. The molecule has 0 saturated carbocycles. The zero-order valence-corrected chi connectivity index (χ0v) is 16.8. The van der Waals surface area contributed by atoms with E-state index >= 15 is 0 Å². The van der Waals surface area contributed by atoms with Crippen LogP contribution >= 0.6 is 0 Å². The average molecular weight is 387 g/mol. The molecular weight excluding hydrogens is 366 g/mol. The lowest BCUT2D eigenvalue weighted by atomic mass is 10.0. The van der Waals surface area contributed by atoms with Crippen LogP contribution in [-0.2, 0) is 20.6 Å². The van der Waals surface area contributed by atoms with Crippen molar-refractivity contribution in [2.24, 2.45) is 14.1 Å². The second-order valence-corrected chi connectivity index (χ2v) is 7.52. The Morgan fingerprint density at radius 2 is 1.62 bits per heavy atom.